The molecule has 2 amide bonds. The highest BCUT2D eigenvalue weighted by Crippen LogP contribution is 2.21. The number of carbonyl (C=O) groups excluding carboxylic acids is 1. The van der Waals surface area contributed by atoms with E-state index in [4.69, 9.17) is 5.11 Å². The van der Waals surface area contributed by atoms with E-state index < -0.39 is 6.03 Å². The van der Waals surface area contributed by atoms with E-state index in [0.717, 1.165) is 0 Å². The number of aryl methyl sites for hydroxylation is 1. The van der Waals surface area contributed by atoms with Gasteiger partial charge in [0.25, 0.3) is 0 Å². The Balaban J connectivity index is 2.86. The SMILES string of the molecule is CONC(=O)N/N=C/c1c(CO)cnc(C)c1O. The molecule has 4 N–H and O–H groups in total. The molecule has 0 aliphatic rings. The summed E-state index contributed by atoms with van der Waals surface area (Å²) in [6, 6.07) is -0.662. The number of hydroxylamine groups is 1. The highest BCUT2D eigenvalue weighted by atomic mass is 16.6. The number of aromatic hydroxyl groups is 1. The van der Waals surface area contributed by atoms with Crippen LogP contribution in [0.25, 0.3) is 0 Å². The summed E-state index contributed by atoms with van der Waals surface area (Å²) in [5, 5.41) is 22.5. The average molecular weight is 254 g/mol. The molecule has 98 valence electrons. The first-order chi connectivity index (χ1) is 8.60. The largest absolute Gasteiger partial charge is 0.505 e. The lowest BCUT2D eigenvalue weighted by Crippen LogP contribution is -2.31. The Morgan fingerprint density at radius 1 is 1.67 bits per heavy atom. The minimum absolute atomic E-state index is 0.0979. The van der Waals surface area contributed by atoms with Crippen LogP contribution in [0.5, 0.6) is 5.75 Å². The second kappa shape index (κ2) is 6.52. The molecule has 8 nitrogen and oxygen atoms in total. The van der Waals surface area contributed by atoms with Crippen LogP contribution in [-0.4, -0.2) is 34.6 Å². The van der Waals surface area contributed by atoms with Crippen LogP contribution in [0.15, 0.2) is 11.3 Å². The highest BCUT2D eigenvalue weighted by molar-refractivity contribution is 5.86. The van der Waals surface area contributed by atoms with Crippen LogP contribution < -0.4 is 10.9 Å². The molecule has 0 aromatic carbocycles. The van der Waals surface area contributed by atoms with Crippen molar-refractivity contribution in [2.24, 2.45) is 5.10 Å². The standard InChI is InChI=1S/C10H14N4O4/c1-6-9(16)8(7(5-15)3-11-6)4-12-13-10(17)14-18-2/h3-4,15-16H,5H2,1-2H3,(H2,13,14,17)/b12-4+. The second-order valence-electron chi connectivity index (χ2n) is 3.29. The minimum Gasteiger partial charge on any atom is -0.505 e. The summed E-state index contributed by atoms with van der Waals surface area (Å²) in [4.78, 5) is 19.2. The van der Waals surface area contributed by atoms with Gasteiger partial charge in [-0.05, 0) is 6.92 Å². The molecule has 0 unspecified atom stereocenters. The fourth-order valence-electron chi connectivity index (χ4n) is 1.19. The van der Waals surface area contributed by atoms with Crippen LogP contribution in [-0.2, 0) is 11.4 Å². The Morgan fingerprint density at radius 2 is 2.39 bits per heavy atom. The summed E-state index contributed by atoms with van der Waals surface area (Å²) < 4.78 is 0. The van der Waals surface area contributed by atoms with Gasteiger partial charge in [-0.15, -0.1) is 0 Å². The van der Waals surface area contributed by atoms with Crippen molar-refractivity contribution in [3.63, 3.8) is 0 Å². The van der Waals surface area contributed by atoms with E-state index in [1.54, 1.807) is 6.92 Å². The van der Waals surface area contributed by atoms with Crippen LogP contribution in [0, 0.1) is 6.92 Å². The lowest BCUT2D eigenvalue weighted by Gasteiger charge is -2.07. The number of aliphatic hydroxyl groups excluding tert-OH is 1. The smallest absolute Gasteiger partial charge is 0.359 e. The number of hydrogen-bond donors (Lipinski definition) is 4. The lowest BCUT2D eigenvalue weighted by molar-refractivity contribution is 0.108. The Hall–Kier alpha value is -2.19. The van der Waals surface area contributed by atoms with Crippen molar-refractivity contribution >= 4 is 12.2 Å². The van der Waals surface area contributed by atoms with Crippen molar-refractivity contribution in [3.05, 3.63) is 23.0 Å². The molecule has 0 radical (unpaired) electrons. The number of carbonyl (C=O) groups is 1. The molecule has 0 saturated carbocycles. The van der Waals surface area contributed by atoms with Crippen LogP contribution in [0.1, 0.15) is 16.8 Å². The summed E-state index contributed by atoms with van der Waals surface area (Å²) in [5.41, 5.74) is 5.20. The van der Waals surface area contributed by atoms with Gasteiger partial charge in [0.15, 0.2) is 0 Å². The molecular formula is C10H14N4O4. The van der Waals surface area contributed by atoms with E-state index in [0.29, 0.717) is 16.8 Å². The molecule has 1 rings (SSSR count). The number of nitrogens with zero attached hydrogens (tertiary/aromatic N) is 2. The summed E-state index contributed by atoms with van der Waals surface area (Å²) in [6.45, 7) is 1.31. The molecule has 1 aromatic heterocycles. The summed E-state index contributed by atoms with van der Waals surface area (Å²) in [7, 11) is 1.28. The Labute approximate surface area is 103 Å². The first-order valence-electron chi connectivity index (χ1n) is 5.00. The third-order valence-corrected chi connectivity index (χ3v) is 2.08. The van der Waals surface area contributed by atoms with Crippen LogP contribution in [0.3, 0.4) is 0 Å². The molecular weight excluding hydrogens is 240 g/mol. The van der Waals surface area contributed by atoms with Gasteiger partial charge in [-0.25, -0.2) is 15.7 Å². The zero-order chi connectivity index (χ0) is 13.5. The summed E-state index contributed by atoms with van der Waals surface area (Å²) >= 11 is 0. The minimum atomic E-state index is -0.662. The molecule has 0 fully saturated rings. The molecule has 1 heterocycles. The summed E-state index contributed by atoms with van der Waals surface area (Å²) in [5.74, 6) is -0.0979. The second-order valence-corrected chi connectivity index (χ2v) is 3.29. The maximum atomic E-state index is 11.0. The van der Waals surface area contributed by atoms with Gasteiger partial charge in [0, 0.05) is 17.3 Å². The Kier molecular flexibility index (Phi) is 5.03. The van der Waals surface area contributed by atoms with Gasteiger partial charge in [0.1, 0.15) is 5.75 Å². The molecule has 18 heavy (non-hydrogen) atoms. The van der Waals surface area contributed by atoms with Crippen molar-refractivity contribution in [1.29, 1.82) is 0 Å². The van der Waals surface area contributed by atoms with Gasteiger partial charge in [0.2, 0.25) is 0 Å². The van der Waals surface area contributed by atoms with Gasteiger partial charge in [-0.3, -0.25) is 9.82 Å². The Bertz CT molecular complexity index is 461. The first kappa shape index (κ1) is 13.9. The zero-order valence-electron chi connectivity index (χ0n) is 9.97. The number of urea groups is 1. The number of hydrazone groups is 1. The van der Waals surface area contributed by atoms with Gasteiger partial charge < -0.3 is 10.2 Å². The number of rotatable bonds is 4. The average Bonchev–Trinajstić information content (AvgIpc) is 2.35. The molecule has 0 saturated heterocycles. The van der Waals surface area contributed by atoms with Crippen LogP contribution in [0.2, 0.25) is 0 Å². The summed E-state index contributed by atoms with van der Waals surface area (Å²) in [6.07, 6.45) is 2.64. The predicted octanol–water partition coefficient (Wildman–Crippen LogP) is -0.218. The van der Waals surface area contributed by atoms with Crippen molar-refractivity contribution in [3.8, 4) is 5.75 Å². The molecule has 0 spiro atoms. The maximum absolute atomic E-state index is 11.0. The third-order valence-electron chi connectivity index (χ3n) is 2.08. The van der Waals surface area contributed by atoms with E-state index in [-0.39, 0.29) is 12.4 Å². The van der Waals surface area contributed by atoms with Gasteiger partial charge in [-0.2, -0.15) is 5.10 Å². The molecule has 0 atom stereocenters. The number of amides is 2. The Morgan fingerprint density at radius 3 is 3.00 bits per heavy atom. The van der Waals surface area contributed by atoms with E-state index in [2.05, 4.69) is 20.3 Å². The zero-order valence-corrected chi connectivity index (χ0v) is 9.97. The fourth-order valence-corrected chi connectivity index (χ4v) is 1.19. The highest BCUT2D eigenvalue weighted by Gasteiger charge is 2.09. The van der Waals surface area contributed by atoms with Gasteiger partial charge >= 0.3 is 6.03 Å². The molecule has 0 aliphatic carbocycles. The van der Waals surface area contributed by atoms with Crippen LogP contribution >= 0.6 is 0 Å². The fraction of sp³-hybridized carbons (Fsp3) is 0.300. The monoisotopic (exact) mass is 254 g/mol. The van der Waals surface area contributed by atoms with E-state index in [1.807, 2.05) is 5.48 Å². The first-order valence-corrected chi connectivity index (χ1v) is 5.00. The molecule has 8 heteroatoms. The molecule has 1 aromatic rings. The number of aliphatic hydroxyl groups is 1. The lowest BCUT2D eigenvalue weighted by atomic mass is 10.1. The third kappa shape index (κ3) is 3.40. The quantitative estimate of drug-likeness (QED) is 0.438. The van der Waals surface area contributed by atoms with Crippen molar-refractivity contribution < 1.29 is 19.8 Å². The van der Waals surface area contributed by atoms with Crippen molar-refractivity contribution in [2.75, 3.05) is 7.11 Å². The number of hydrogen-bond acceptors (Lipinski definition) is 6. The van der Waals surface area contributed by atoms with E-state index in [9.17, 15) is 9.90 Å². The van der Waals surface area contributed by atoms with Crippen molar-refractivity contribution in [2.45, 2.75) is 13.5 Å². The van der Waals surface area contributed by atoms with Crippen LogP contribution in [0.4, 0.5) is 4.79 Å². The van der Waals surface area contributed by atoms with Gasteiger partial charge in [-0.1, -0.05) is 0 Å². The van der Waals surface area contributed by atoms with Crippen molar-refractivity contribution in [1.82, 2.24) is 15.9 Å². The van der Waals surface area contributed by atoms with Gasteiger partial charge in [0.05, 0.1) is 25.6 Å². The normalized spacial score (nSPS) is 10.6. The van der Waals surface area contributed by atoms with E-state index >= 15 is 0 Å². The molecule has 0 bridgehead atoms. The maximum Gasteiger partial charge on any atom is 0.359 e. The topological polar surface area (TPSA) is 116 Å². The number of pyridine rings is 1. The predicted molar refractivity (Wildman–Crippen MR) is 62.8 cm³/mol. The molecule has 0 aliphatic heterocycles. The number of nitrogens with one attached hydrogen (secondary N) is 2. The van der Waals surface area contributed by atoms with E-state index in [1.165, 1.54) is 19.5 Å². The number of aromatic nitrogens is 1.